The van der Waals surface area contributed by atoms with Gasteiger partial charge in [-0.3, -0.25) is 4.79 Å². The first kappa shape index (κ1) is 18.0. The van der Waals surface area contributed by atoms with Gasteiger partial charge in [0, 0.05) is 5.02 Å². The zero-order valence-corrected chi connectivity index (χ0v) is 14.6. The number of hydrogen-bond donors (Lipinski definition) is 1. The van der Waals surface area contributed by atoms with Crippen molar-refractivity contribution in [3.8, 4) is 5.75 Å². The molecule has 0 heterocycles. The third kappa shape index (κ3) is 5.70. The summed E-state index contributed by atoms with van der Waals surface area (Å²) in [5, 5.41) is 4.50. The van der Waals surface area contributed by atoms with Gasteiger partial charge in [-0.15, -0.1) is 0 Å². The zero-order chi connectivity index (χ0) is 17.4. The Morgan fingerprint density at radius 2 is 2.04 bits per heavy atom. The molecule has 0 bridgehead atoms. The van der Waals surface area contributed by atoms with E-state index in [0.717, 1.165) is 12.0 Å². The van der Waals surface area contributed by atoms with E-state index in [2.05, 4.69) is 24.4 Å². The van der Waals surface area contributed by atoms with Crippen LogP contribution in [0.5, 0.6) is 5.75 Å². The molecule has 1 unspecified atom stereocenters. The second-order valence-electron chi connectivity index (χ2n) is 5.52. The summed E-state index contributed by atoms with van der Waals surface area (Å²) in [6.07, 6.45) is 2.62. The van der Waals surface area contributed by atoms with Gasteiger partial charge < -0.3 is 4.74 Å². The van der Waals surface area contributed by atoms with Crippen LogP contribution in [-0.2, 0) is 4.79 Å². The molecule has 1 atom stereocenters. The Labute approximate surface area is 147 Å². The summed E-state index contributed by atoms with van der Waals surface area (Å²) in [5.74, 6) is 0.860. The van der Waals surface area contributed by atoms with Crippen LogP contribution in [0.3, 0.4) is 0 Å². The predicted octanol–water partition coefficient (Wildman–Crippen LogP) is 4.38. The van der Waals surface area contributed by atoms with E-state index in [1.807, 2.05) is 36.4 Å². The number of benzene rings is 2. The van der Waals surface area contributed by atoms with Crippen LogP contribution in [0.2, 0.25) is 5.02 Å². The lowest BCUT2D eigenvalue weighted by Gasteiger charge is -2.10. The SMILES string of the molecule is CCC(C)c1ccc(OCC(=O)N/N=C/c2cccc(Cl)c2)cc1. The molecular weight excluding hydrogens is 324 g/mol. The minimum absolute atomic E-state index is 0.0877. The minimum atomic E-state index is -0.320. The number of ether oxygens (including phenoxy) is 1. The summed E-state index contributed by atoms with van der Waals surface area (Å²) in [5.41, 5.74) is 4.50. The van der Waals surface area contributed by atoms with Crippen molar-refractivity contribution in [1.82, 2.24) is 5.43 Å². The molecule has 0 aliphatic heterocycles. The summed E-state index contributed by atoms with van der Waals surface area (Å²) in [6, 6.07) is 15.0. The van der Waals surface area contributed by atoms with Crippen LogP contribution >= 0.6 is 11.6 Å². The van der Waals surface area contributed by atoms with Crippen molar-refractivity contribution in [3.63, 3.8) is 0 Å². The molecule has 0 radical (unpaired) electrons. The van der Waals surface area contributed by atoms with Crippen LogP contribution in [-0.4, -0.2) is 18.7 Å². The molecule has 0 aromatic heterocycles. The molecule has 126 valence electrons. The molecular formula is C19H21ClN2O2. The Bertz CT molecular complexity index is 699. The van der Waals surface area contributed by atoms with Gasteiger partial charge in [-0.1, -0.05) is 49.7 Å². The molecule has 0 spiro atoms. The standard InChI is InChI=1S/C19H21ClN2O2/c1-3-14(2)16-7-9-18(10-8-16)24-13-19(23)22-21-12-15-5-4-6-17(20)11-15/h4-12,14H,3,13H2,1-2H3,(H,22,23)/b21-12+. The molecule has 2 rings (SSSR count). The molecule has 0 saturated carbocycles. The summed E-state index contributed by atoms with van der Waals surface area (Å²) in [6.45, 7) is 4.25. The van der Waals surface area contributed by atoms with Gasteiger partial charge in [0.15, 0.2) is 6.61 Å². The van der Waals surface area contributed by atoms with Crippen LogP contribution in [0.1, 0.15) is 37.3 Å². The van der Waals surface area contributed by atoms with Gasteiger partial charge in [-0.25, -0.2) is 5.43 Å². The molecule has 4 nitrogen and oxygen atoms in total. The third-order valence-corrected chi connectivity index (χ3v) is 3.92. The highest BCUT2D eigenvalue weighted by Crippen LogP contribution is 2.21. The van der Waals surface area contributed by atoms with Gasteiger partial charge in [-0.05, 0) is 47.7 Å². The van der Waals surface area contributed by atoms with Crippen molar-refractivity contribution in [2.45, 2.75) is 26.2 Å². The number of amides is 1. The first-order chi connectivity index (χ1) is 11.6. The second-order valence-corrected chi connectivity index (χ2v) is 5.95. The Morgan fingerprint density at radius 1 is 1.29 bits per heavy atom. The van der Waals surface area contributed by atoms with Crippen LogP contribution in [0, 0.1) is 0 Å². The van der Waals surface area contributed by atoms with E-state index in [0.29, 0.717) is 16.7 Å². The van der Waals surface area contributed by atoms with E-state index in [1.54, 1.807) is 12.1 Å². The number of hydrogen-bond acceptors (Lipinski definition) is 3. The highest BCUT2D eigenvalue weighted by atomic mass is 35.5. The highest BCUT2D eigenvalue weighted by molar-refractivity contribution is 6.30. The summed E-state index contributed by atoms with van der Waals surface area (Å²) < 4.78 is 5.45. The normalized spacial score (nSPS) is 12.1. The molecule has 1 N–H and O–H groups in total. The molecule has 0 saturated heterocycles. The first-order valence-electron chi connectivity index (χ1n) is 7.88. The first-order valence-corrected chi connectivity index (χ1v) is 8.26. The Morgan fingerprint density at radius 3 is 2.71 bits per heavy atom. The van der Waals surface area contributed by atoms with Crippen molar-refractivity contribution in [2.24, 2.45) is 5.10 Å². The van der Waals surface area contributed by atoms with Gasteiger partial charge in [0.1, 0.15) is 5.75 Å². The molecule has 0 aliphatic carbocycles. The van der Waals surface area contributed by atoms with Gasteiger partial charge in [0.05, 0.1) is 6.21 Å². The van der Waals surface area contributed by atoms with E-state index in [9.17, 15) is 4.79 Å². The number of nitrogens with zero attached hydrogens (tertiary/aromatic N) is 1. The van der Waals surface area contributed by atoms with Crippen molar-refractivity contribution in [3.05, 3.63) is 64.7 Å². The lowest BCUT2D eigenvalue weighted by molar-refractivity contribution is -0.123. The maximum absolute atomic E-state index is 11.7. The lowest BCUT2D eigenvalue weighted by atomic mass is 9.99. The number of halogens is 1. The quantitative estimate of drug-likeness (QED) is 0.598. The monoisotopic (exact) mass is 344 g/mol. The van der Waals surface area contributed by atoms with Crippen molar-refractivity contribution in [2.75, 3.05) is 6.61 Å². The number of carbonyl (C=O) groups excluding carboxylic acids is 1. The van der Waals surface area contributed by atoms with Gasteiger partial charge >= 0.3 is 0 Å². The number of hydrazone groups is 1. The van der Waals surface area contributed by atoms with E-state index in [1.165, 1.54) is 11.8 Å². The van der Waals surface area contributed by atoms with Crippen LogP contribution < -0.4 is 10.2 Å². The largest absolute Gasteiger partial charge is 0.484 e. The van der Waals surface area contributed by atoms with Crippen LogP contribution in [0.25, 0.3) is 0 Å². The van der Waals surface area contributed by atoms with Gasteiger partial charge in [-0.2, -0.15) is 5.10 Å². The molecule has 2 aromatic rings. The average Bonchev–Trinajstić information content (AvgIpc) is 2.60. The third-order valence-electron chi connectivity index (χ3n) is 3.68. The fraction of sp³-hybridized carbons (Fsp3) is 0.263. The van der Waals surface area contributed by atoms with Gasteiger partial charge in [0.25, 0.3) is 5.91 Å². The van der Waals surface area contributed by atoms with Crippen LogP contribution in [0.15, 0.2) is 53.6 Å². The van der Waals surface area contributed by atoms with E-state index < -0.39 is 0 Å². The Hall–Kier alpha value is -2.33. The molecule has 0 aliphatic rings. The summed E-state index contributed by atoms with van der Waals surface area (Å²) in [4.78, 5) is 11.7. The summed E-state index contributed by atoms with van der Waals surface area (Å²) >= 11 is 5.87. The van der Waals surface area contributed by atoms with Crippen LogP contribution in [0.4, 0.5) is 0 Å². The van der Waals surface area contributed by atoms with E-state index >= 15 is 0 Å². The van der Waals surface area contributed by atoms with Crippen molar-refractivity contribution < 1.29 is 9.53 Å². The van der Waals surface area contributed by atoms with E-state index in [-0.39, 0.29) is 12.5 Å². The molecule has 5 heteroatoms. The zero-order valence-electron chi connectivity index (χ0n) is 13.8. The maximum Gasteiger partial charge on any atom is 0.277 e. The smallest absolute Gasteiger partial charge is 0.277 e. The number of nitrogens with one attached hydrogen (secondary N) is 1. The van der Waals surface area contributed by atoms with Crippen molar-refractivity contribution in [1.29, 1.82) is 0 Å². The fourth-order valence-corrected chi connectivity index (χ4v) is 2.27. The predicted molar refractivity (Wildman–Crippen MR) is 97.8 cm³/mol. The number of carbonyl (C=O) groups is 1. The highest BCUT2D eigenvalue weighted by Gasteiger charge is 2.04. The molecule has 1 amide bonds. The topological polar surface area (TPSA) is 50.7 Å². The Kier molecular flexibility index (Phi) is 6.82. The molecule has 24 heavy (non-hydrogen) atoms. The molecule has 2 aromatic carbocycles. The number of rotatable bonds is 7. The minimum Gasteiger partial charge on any atom is -0.484 e. The van der Waals surface area contributed by atoms with E-state index in [4.69, 9.17) is 16.3 Å². The fourth-order valence-electron chi connectivity index (χ4n) is 2.08. The second kappa shape index (κ2) is 9.08. The van der Waals surface area contributed by atoms with Crippen molar-refractivity contribution >= 4 is 23.7 Å². The van der Waals surface area contributed by atoms with Gasteiger partial charge in [0.2, 0.25) is 0 Å². The Balaban J connectivity index is 1.78. The average molecular weight is 345 g/mol. The maximum atomic E-state index is 11.7. The molecule has 0 fully saturated rings. The lowest BCUT2D eigenvalue weighted by Crippen LogP contribution is -2.24. The summed E-state index contributed by atoms with van der Waals surface area (Å²) in [7, 11) is 0.